The largest absolute Gasteiger partial charge is 0.494 e. The molecule has 0 spiro atoms. The fourth-order valence-corrected chi connectivity index (χ4v) is 7.01. The number of hydrogen-bond donors (Lipinski definition) is 1. The van der Waals surface area contributed by atoms with Gasteiger partial charge in [0.05, 0.1) is 24.2 Å². The van der Waals surface area contributed by atoms with Crippen molar-refractivity contribution in [1.29, 1.82) is 0 Å². The first-order chi connectivity index (χ1) is 18.0. The van der Waals surface area contributed by atoms with Crippen LogP contribution in [-0.4, -0.2) is 70.4 Å². The Labute approximate surface area is 227 Å². The van der Waals surface area contributed by atoms with Gasteiger partial charge in [-0.05, 0) is 37.1 Å². The van der Waals surface area contributed by atoms with Crippen LogP contribution in [-0.2, 0) is 10.0 Å². The standard InChI is InChI=1S/C27H31N3O6S2/c1-17-8-6-9-18(2)24(17)26(32)30-13-12-21(16-30)36-20-11-7-10-19(14-20)28-38(33,34)27-22(35-5)15-23(37-27)25(31)29(3)4/h6-11,14-15,21,28H,12-13,16H2,1-5H3/t21-/m0/s1. The van der Waals surface area contributed by atoms with Crippen molar-refractivity contribution in [1.82, 2.24) is 9.80 Å². The van der Waals surface area contributed by atoms with Gasteiger partial charge in [0.25, 0.3) is 21.8 Å². The Morgan fingerprint density at radius 3 is 2.42 bits per heavy atom. The van der Waals surface area contributed by atoms with Gasteiger partial charge in [-0.1, -0.05) is 24.3 Å². The smallest absolute Gasteiger partial charge is 0.275 e. The molecule has 38 heavy (non-hydrogen) atoms. The molecule has 11 heteroatoms. The number of carbonyl (C=O) groups is 2. The molecule has 202 valence electrons. The molecule has 1 atom stereocenters. The predicted octanol–water partition coefficient (Wildman–Crippen LogP) is 4.17. The maximum atomic E-state index is 13.2. The molecule has 2 heterocycles. The van der Waals surface area contributed by atoms with E-state index in [1.165, 1.54) is 18.1 Å². The number of thiophene rings is 1. The molecule has 1 aromatic heterocycles. The van der Waals surface area contributed by atoms with E-state index in [-0.39, 0.29) is 32.8 Å². The van der Waals surface area contributed by atoms with Crippen molar-refractivity contribution >= 4 is 38.9 Å². The molecule has 0 saturated carbocycles. The van der Waals surface area contributed by atoms with Crippen molar-refractivity contribution < 1.29 is 27.5 Å². The molecule has 4 rings (SSSR count). The van der Waals surface area contributed by atoms with Crippen LogP contribution in [0.3, 0.4) is 0 Å². The van der Waals surface area contributed by atoms with E-state index >= 15 is 0 Å². The second-order valence-corrected chi connectivity index (χ2v) is 12.3. The molecule has 9 nitrogen and oxygen atoms in total. The van der Waals surface area contributed by atoms with Crippen LogP contribution < -0.4 is 14.2 Å². The van der Waals surface area contributed by atoms with E-state index in [1.807, 2.05) is 32.0 Å². The van der Waals surface area contributed by atoms with Crippen LogP contribution in [0.5, 0.6) is 11.5 Å². The fourth-order valence-electron chi connectivity index (χ4n) is 4.36. The molecule has 0 bridgehead atoms. The molecular weight excluding hydrogens is 526 g/mol. The lowest BCUT2D eigenvalue weighted by molar-refractivity contribution is 0.0770. The third-order valence-electron chi connectivity index (χ3n) is 6.26. The van der Waals surface area contributed by atoms with Gasteiger partial charge in [-0.3, -0.25) is 14.3 Å². The normalized spacial score (nSPS) is 15.3. The summed E-state index contributed by atoms with van der Waals surface area (Å²) in [5.41, 5.74) is 2.92. The highest BCUT2D eigenvalue weighted by molar-refractivity contribution is 7.94. The van der Waals surface area contributed by atoms with Gasteiger partial charge in [0.15, 0.2) is 9.96 Å². The van der Waals surface area contributed by atoms with E-state index in [4.69, 9.17) is 9.47 Å². The molecule has 0 aliphatic carbocycles. The summed E-state index contributed by atoms with van der Waals surface area (Å²) >= 11 is 0.845. The average molecular weight is 558 g/mol. The number of amides is 2. The number of hydrogen-bond acceptors (Lipinski definition) is 7. The monoisotopic (exact) mass is 557 g/mol. The van der Waals surface area contributed by atoms with Gasteiger partial charge < -0.3 is 19.3 Å². The molecule has 1 fully saturated rings. The number of benzene rings is 2. The van der Waals surface area contributed by atoms with Gasteiger partial charge in [-0.2, -0.15) is 0 Å². The quantitative estimate of drug-likeness (QED) is 0.446. The summed E-state index contributed by atoms with van der Waals surface area (Å²) in [5.74, 6) is 0.259. The first-order valence-electron chi connectivity index (χ1n) is 12.0. The minimum atomic E-state index is -4.03. The summed E-state index contributed by atoms with van der Waals surface area (Å²) < 4.78 is 40.1. The van der Waals surface area contributed by atoms with Crippen molar-refractivity contribution in [2.45, 2.75) is 30.6 Å². The van der Waals surface area contributed by atoms with Crippen molar-refractivity contribution in [2.24, 2.45) is 0 Å². The van der Waals surface area contributed by atoms with Gasteiger partial charge >= 0.3 is 0 Å². The molecule has 1 N–H and O–H groups in total. The summed E-state index contributed by atoms with van der Waals surface area (Å²) in [6.45, 7) is 4.89. The van der Waals surface area contributed by atoms with Crippen LogP contribution in [0.25, 0.3) is 0 Å². The third kappa shape index (κ3) is 5.78. The Bertz CT molecular complexity index is 1440. The summed E-state index contributed by atoms with van der Waals surface area (Å²) in [4.78, 5) is 28.9. The number of likely N-dealkylation sites (tertiary alicyclic amines) is 1. The van der Waals surface area contributed by atoms with Crippen LogP contribution in [0.2, 0.25) is 0 Å². The molecule has 0 unspecified atom stereocenters. The van der Waals surface area contributed by atoms with E-state index in [2.05, 4.69) is 4.72 Å². The molecule has 2 amide bonds. The van der Waals surface area contributed by atoms with E-state index < -0.39 is 10.0 Å². The average Bonchev–Trinajstić information content (AvgIpc) is 3.51. The lowest BCUT2D eigenvalue weighted by Crippen LogP contribution is -2.31. The number of nitrogens with one attached hydrogen (secondary N) is 1. The number of nitrogens with zero attached hydrogens (tertiary/aromatic N) is 2. The van der Waals surface area contributed by atoms with Crippen LogP contribution in [0.15, 0.2) is 52.7 Å². The highest BCUT2D eigenvalue weighted by Crippen LogP contribution is 2.35. The Kier molecular flexibility index (Phi) is 7.98. The number of sulfonamides is 1. The minimum absolute atomic E-state index is 0.00905. The maximum absolute atomic E-state index is 13.2. The van der Waals surface area contributed by atoms with Crippen LogP contribution in [0.4, 0.5) is 5.69 Å². The summed E-state index contributed by atoms with van der Waals surface area (Å²) in [6.07, 6.45) is 0.453. The zero-order valence-electron chi connectivity index (χ0n) is 22.0. The number of carbonyl (C=O) groups excluding carboxylic acids is 2. The molecule has 1 saturated heterocycles. The fraction of sp³-hybridized carbons (Fsp3) is 0.333. The number of ether oxygens (including phenoxy) is 2. The zero-order valence-corrected chi connectivity index (χ0v) is 23.6. The van der Waals surface area contributed by atoms with E-state index in [0.29, 0.717) is 30.9 Å². The Balaban J connectivity index is 1.45. The van der Waals surface area contributed by atoms with E-state index in [0.717, 1.165) is 28.0 Å². The molecule has 1 aliphatic rings. The minimum Gasteiger partial charge on any atom is -0.494 e. The van der Waals surface area contributed by atoms with Crippen molar-refractivity contribution in [3.63, 3.8) is 0 Å². The van der Waals surface area contributed by atoms with Crippen LogP contribution in [0.1, 0.15) is 37.6 Å². The molecule has 2 aromatic carbocycles. The first kappa shape index (κ1) is 27.5. The highest BCUT2D eigenvalue weighted by atomic mass is 32.2. The van der Waals surface area contributed by atoms with Gasteiger partial charge in [0.2, 0.25) is 0 Å². The highest BCUT2D eigenvalue weighted by Gasteiger charge is 2.30. The summed E-state index contributed by atoms with van der Waals surface area (Å²) in [6, 6.07) is 13.9. The number of methoxy groups -OCH3 is 1. The van der Waals surface area contributed by atoms with Crippen molar-refractivity contribution in [2.75, 3.05) is 39.0 Å². The Hall–Kier alpha value is -3.57. The Morgan fingerprint density at radius 2 is 1.76 bits per heavy atom. The predicted molar refractivity (Wildman–Crippen MR) is 147 cm³/mol. The van der Waals surface area contributed by atoms with E-state index in [9.17, 15) is 18.0 Å². The SMILES string of the molecule is COc1cc(C(=O)N(C)C)sc1S(=O)(=O)Nc1cccc(O[C@H]2CCN(C(=O)c3c(C)cccc3C)C2)c1. The molecule has 1 aliphatic heterocycles. The van der Waals surface area contributed by atoms with Crippen molar-refractivity contribution in [3.8, 4) is 11.5 Å². The maximum Gasteiger partial charge on any atom is 0.275 e. The van der Waals surface area contributed by atoms with Gasteiger partial charge in [0, 0.05) is 44.8 Å². The topological polar surface area (TPSA) is 105 Å². The second-order valence-electron chi connectivity index (χ2n) is 9.35. The molecule has 3 aromatic rings. The second kappa shape index (κ2) is 11.0. The van der Waals surface area contributed by atoms with E-state index in [1.54, 1.807) is 43.3 Å². The molecule has 0 radical (unpaired) electrons. The number of rotatable bonds is 8. The van der Waals surface area contributed by atoms with Crippen LogP contribution in [0, 0.1) is 13.8 Å². The lowest BCUT2D eigenvalue weighted by Gasteiger charge is -2.20. The van der Waals surface area contributed by atoms with Crippen molar-refractivity contribution in [3.05, 3.63) is 70.1 Å². The zero-order chi connectivity index (χ0) is 27.6. The molecular formula is C27H31N3O6S2. The Morgan fingerprint density at radius 1 is 1.08 bits per heavy atom. The summed E-state index contributed by atoms with van der Waals surface area (Å²) in [7, 11) is 0.510. The number of anilines is 1. The first-order valence-corrected chi connectivity index (χ1v) is 14.3. The van der Waals surface area contributed by atoms with Gasteiger partial charge in [-0.25, -0.2) is 8.42 Å². The van der Waals surface area contributed by atoms with Gasteiger partial charge in [-0.15, -0.1) is 11.3 Å². The third-order valence-corrected chi connectivity index (χ3v) is 9.26. The lowest BCUT2D eigenvalue weighted by atomic mass is 10.0. The summed E-state index contributed by atoms with van der Waals surface area (Å²) in [5, 5.41) is 0. The van der Waals surface area contributed by atoms with Crippen LogP contribution >= 0.6 is 11.3 Å². The number of aryl methyl sites for hydroxylation is 2. The van der Waals surface area contributed by atoms with Gasteiger partial charge in [0.1, 0.15) is 11.9 Å².